The average molecular weight is 269 g/mol. The van der Waals surface area contributed by atoms with Gasteiger partial charge in [0.25, 0.3) is 0 Å². The number of aromatic carboxylic acids is 1. The Morgan fingerprint density at radius 2 is 2.15 bits per heavy atom. The molecule has 0 bridgehead atoms. The molecule has 0 atom stereocenters. The summed E-state index contributed by atoms with van der Waals surface area (Å²) in [4.78, 5) is 23.3. The molecule has 1 aliphatic carbocycles. The van der Waals surface area contributed by atoms with Gasteiger partial charge in [-0.2, -0.15) is 0 Å². The number of allylic oxidation sites excluding steroid dienone is 1. The van der Waals surface area contributed by atoms with E-state index in [2.05, 4.69) is 5.16 Å². The van der Waals surface area contributed by atoms with E-state index in [9.17, 15) is 9.59 Å². The number of rotatable bonds is 2. The van der Waals surface area contributed by atoms with Crippen molar-refractivity contribution in [2.75, 3.05) is 0 Å². The van der Waals surface area contributed by atoms with Crippen molar-refractivity contribution in [3.05, 3.63) is 58.5 Å². The third-order valence-electron chi connectivity index (χ3n) is 3.33. The number of aryl methyl sites for hydroxylation is 1. The zero-order chi connectivity index (χ0) is 14.1. The number of Topliss-reactive ketones (excluding diaryl/α,β-unsaturated/α-hetero) is 1. The van der Waals surface area contributed by atoms with Gasteiger partial charge in [-0.1, -0.05) is 5.16 Å². The van der Waals surface area contributed by atoms with Crippen molar-refractivity contribution in [1.82, 2.24) is 5.16 Å². The Bertz CT molecular complexity index is 713. The highest BCUT2D eigenvalue weighted by Crippen LogP contribution is 2.27. The quantitative estimate of drug-likeness (QED) is 0.847. The van der Waals surface area contributed by atoms with E-state index in [1.165, 1.54) is 12.3 Å². The maximum Gasteiger partial charge on any atom is 0.335 e. The summed E-state index contributed by atoms with van der Waals surface area (Å²) in [6.07, 6.45) is 4.41. The number of carboxylic acid groups (broad SMARTS) is 1. The summed E-state index contributed by atoms with van der Waals surface area (Å²) in [5.41, 5.74) is 2.20. The fraction of sp³-hybridized carbons (Fsp3) is 0.133. The minimum absolute atomic E-state index is 0.0837. The molecule has 5 heteroatoms. The molecule has 1 heterocycles. The van der Waals surface area contributed by atoms with Gasteiger partial charge in [-0.15, -0.1) is 0 Å². The predicted octanol–water partition coefficient (Wildman–Crippen LogP) is 2.59. The van der Waals surface area contributed by atoms with E-state index in [1.807, 2.05) is 0 Å². The third-order valence-corrected chi connectivity index (χ3v) is 3.33. The van der Waals surface area contributed by atoms with E-state index in [1.54, 1.807) is 24.3 Å². The summed E-state index contributed by atoms with van der Waals surface area (Å²) in [6.45, 7) is 0. The van der Waals surface area contributed by atoms with E-state index in [0.29, 0.717) is 29.7 Å². The van der Waals surface area contributed by atoms with Crippen molar-refractivity contribution >= 4 is 17.8 Å². The SMILES string of the molecule is O=C(O)c1ccc2c(c1)CCC(=Cc1ccno1)C2=O. The lowest BCUT2D eigenvalue weighted by molar-refractivity contribution is 0.0696. The highest BCUT2D eigenvalue weighted by Gasteiger charge is 2.23. The van der Waals surface area contributed by atoms with Crippen molar-refractivity contribution in [1.29, 1.82) is 0 Å². The van der Waals surface area contributed by atoms with Gasteiger partial charge in [0.2, 0.25) is 0 Å². The van der Waals surface area contributed by atoms with Crippen molar-refractivity contribution < 1.29 is 19.2 Å². The van der Waals surface area contributed by atoms with E-state index in [4.69, 9.17) is 9.63 Å². The van der Waals surface area contributed by atoms with E-state index in [0.717, 1.165) is 5.56 Å². The second-order valence-electron chi connectivity index (χ2n) is 4.59. The molecule has 100 valence electrons. The Hall–Kier alpha value is -2.69. The van der Waals surface area contributed by atoms with Crippen LogP contribution in [0.3, 0.4) is 0 Å². The van der Waals surface area contributed by atoms with Gasteiger partial charge in [-0.05, 0) is 42.7 Å². The van der Waals surface area contributed by atoms with E-state index in [-0.39, 0.29) is 11.3 Å². The molecule has 0 aliphatic heterocycles. The van der Waals surface area contributed by atoms with Crippen LogP contribution in [-0.2, 0) is 6.42 Å². The molecule has 0 saturated carbocycles. The number of nitrogens with zero attached hydrogens (tertiary/aromatic N) is 1. The highest BCUT2D eigenvalue weighted by atomic mass is 16.5. The van der Waals surface area contributed by atoms with E-state index >= 15 is 0 Å². The molecule has 1 aromatic carbocycles. The van der Waals surface area contributed by atoms with Crippen LogP contribution in [0.5, 0.6) is 0 Å². The minimum Gasteiger partial charge on any atom is -0.478 e. The van der Waals surface area contributed by atoms with Gasteiger partial charge in [-0.25, -0.2) is 4.79 Å². The maximum atomic E-state index is 12.3. The number of carbonyl (C=O) groups excluding carboxylic acids is 1. The summed E-state index contributed by atoms with van der Waals surface area (Å²) in [5.74, 6) is -0.526. The molecule has 1 aromatic heterocycles. The average Bonchev–Trinajstić information content (AvgIpc) is 2.94. The lowest BCUT2D eigenvalue weighted by Gasteiger charge is -2.17. The number of benzene rings is 1. The van der Waals surface area contributed by atoms with Crippen LogP contribution in [0.1, 0.15) is 38.5 Å². The smallest absolute Gasteiger partial charge is 0.335 e. The van der Waals surface area contributed by atoms with Crippen LogP contribution in [0.2, 0.25) is 0 Å². The number of hydrogen-bond donors (Lipinski definition) is 1. The molecule has 0 amide bonds. The molecule has 5 nitrogen and oxygen atoms in total. The predicted molar refractivity (Wildman–Crippen MR) is 70.5 cm³/mol. The molecule has 0 saturated heterocycles. The van der Waals surface area contributed by atoms with Gasteiger partial charge >= 0.3 is 5.97 Å². The Morgan fingerprint density at radius 1 is 1.30 bits per heavy atom. The molecule has 0 radical (unpaired) electrons. The van der Waals surface area contributed by atoms with Crippen LogP contribution in [0.15, 0.2) is 40.6 Å². The van der Waals surface area contributed by atoms with E-state index < -0.39 is 5.97 Å². The Balaban J connectivity index is 1.97. The van der Waals surface area contributed by atoms with Gasteiger partial charge in [0.1, 0.15) is 0 Å². The molecule has 0 spiro atoms. The van der Waals surface area contributed by atoms with Crippen LogP contribution in [0.4, 0.5) is 0 Å². The first-order chi connectivity index (χ1) is 9.65. The van der Waals surface area contributed by atoms with Crippen molar-refractivity contribution in [3.8, 4) is 0 Å². The number of carboxylic acids is 1. The lowest BCUT2D eigenvalue weighted by atomic mass is 9.85. The summed E-state index contributed by atoms with van der Waals surface area (Å²) in [6, 6.07) is 6.29. The van der Waals surface area contributed by atoms with Crippen molar-refractivity contribution in [3.63, 3.8) is 0 Å². The van der Waals surface area contributed by atoms with Gasteiger partial charge in [0.05, 0.1) is 11.8 Å². The first-order valence-corrected chi connectivity index (χ1v) is 6.17. The van der Waals surface area contributed by atoms with Crippen LogP contribution >= 0.6 is 0 Å². The standard InChI is InChI=1S/C15H11NO4/c17-14-10(8-12-5-6-16-20-12)2-1-9-7-11(15(18)19)3-4-13(9)14/h3-8H,1-2H2,(H,18,19). The number of fused-ring (bicyclic) bond motifs is 1. The maximum absolute atomic E-state index is 12.3. The molecular formula is C15H11NO4. The number of ketones is 1. The second kappa shape index (κ2) is 4.77. The van der Waals surface area contributed by atoms with Crippen LogP contribution < -0.4 is 0 Å². The fourth-order valence-electron chi connectivity index (χ4n) is 2.32. The van der Waals surface area contributed by atoms with Crippen LogP contribution in [-0.4, -0.2) is 22.0 Å². The topological polar surface area (TPSA) is 80.4 Å². The van der Waals surface area contributed by atoms with Gasteiger partial charge < -0.3 is 9.63 Å². The molecule has 2 aromatic rings. The lowest BCUT2D eigenvalue weighted by Crippen LogP contribution is -2.15. The zero-order valence-corrected chi connectivity index (χ0v) is 10.5. The largest absolute Gasteiger partial charge is 0.478 e. The molecule has 20 heavy (non-hydrogen) atoms. The number of aromatic nitrogens is 1. The van der Waals surface area contributed by atoms with Gasteiger partial charge in [-0.3, -0.25) is 4.79 Å². The molecule has 1 N–H and O–H groups in total. The van der Waals surface area contributed by atoms with Gasteiger partial charge in [0.15, 0.2) is 11.5 Å². The van der Waals surface area contributed by atoms with Crippen molar-refractivity contribution in [2.24, 2.45) is 0 Å². The monoisotopic (exact) mass is 269 g/mol. The fourth-order valence-corrected chi connectivity index (χ4v) is 2.32. The second-order valence-corrected chi connectivity index (χ2v) is 4.59. The van der Waals surface area contributed by atoms with Gasteiger partial charge in [0, 0.05) is 17.2 Å². The number of carbonyl (C=O) groups is 2. The zero-order valence-electron chi connectivity index (χ0n) is 10.5. The molecule has 0 unspecified atom stereocenters. The molecule has 0 fully saturated rings. The third kappa shape index (κ3) is 2.14. The summed E-state index contributed by atoms with van der Waals surface area (Å²) in [7, 11) is 0. The normalized spacial score (nSPS) is 16.2. The first kappa shape index (κ1) is 12.3. The summed E-state index contributed by atoms with van der Waals surface area (Å²) < 4.78 is 4.97. The molecular weight excluding hydrogens is 258 g/mol. The Labute approximate surface area is 114 Å². The summed E-state index contributed by atoms with van der Waals surface area (Å²) in [5, 5.41) is 12.6. The Kier molecular flexibility index (Phi) is 2.95. The highest BCUT2D eigenvalue weighted by molar-refractivity contribution is 6.13. The van der Waals surface area contributed by atoms with Crippen LogP contribution in [0, 0.1) is 0 Å². The molecule has 1 aliphatic rings. The number of hydrogen-bond acceptors (Lipinski definition) is 4. The first-order valence-electron chi connectivity index (χ1n) is 6.17. The summed E-state index contributed by atoms with van der Waals surface area (Å²) >= 11 is 0. The van der Waals surface area contributed by atoms with Crippen LogP contribution in [0.25, 0.3) is 6.08 Å². The molecule has 3 rings (SSSR count). The Morgan fingerprint density at radius 3 is 2.85 bits per heavy atom. The van der Waals surface area contributed by atoms with Crippen molar-refractivity contribution in [2.45, 2.75) is 12.8 Å². The minimum atomic E-state index is -0.983.